The summed E-state index contributed by atoms with van der Waals surface area (Å²) in [4.78, 5) is 10.4. The Balaban J connectivity index is 2.58. The minimum atomic E-state index is -3.10. The first kappa shape index (κ1) is 8.26. The van der Waals surface area contributed by atoms with E-state index in [9.17, 15) is 13.2 Å². The van der Waals surface area contributed by atoms with E-state index >= 15 is 0 Å². The molecule has 1 heterocycles. The van der Waals surface area contributed by atoms with Crippen molar-refractivity contribution in [2.24, 2.45) is 0 Å². The molecule has 5 heteroatoms. The Bertz CT molecular complexity index is 288. The van der Waals surface area contributed by atoms with Crippen molar-refractivity contribution in [3.05, 3.63) is 11.5 Å². The van der Waals surface area contributed by atoms with Gasteiger partial charge in [-0.1, -0.05) is 0 Å². The van der Waals surface area contributed by atoms with Crippen LogP contribution in [0.5, 0.6) is 0 Å². The van der Waals surface area contributed by atoms with Gasteiger partial charge in [-0.05, 0) is 6.08 Å². The average Bonchev–Trinajstić information content (AvgIpc) is 2.08. The lowest BCUT2D eigenvalue weighted by Crippen LogP contribution is -2.17. The highest BCUT2D eigenvalue weighted by atomic mass is 32.2. The van der Waals surface area contributed by atoms with Crippen LogP contribution in [0.4, 0.5) is 0 Å². The van der Waals surface area contributed by atoms with Crippen LogP contribution in [0.15, 0.2) is 11.5 Å². The Morgan fingerprint density at radius 3 is 2.64 bits per heavy atom. The summed E-state index contributed by atoms with van der Waals surface area (Å²) in [7, 11) is -3.10. The van der Waals surface area contributed by atoms with Crippen molar-refractivity contribution in [3.8, 4) is 0 Å². The molecule has 62 valence electrons. The van der Waals surface area contributed by atoms with E-state index in [0.717, 1.165) is 5.41 Å². The molecule has 0 aromatic rings. The number of hydrogen-bond acceptors (Lipinski definition) is 4. The van der Waals surface area contributed by atoms with Gasteiger partial charge in [0.15, 0.2) is 9.84 Å². The van der Waals surface area contributed by atoms with E-state index < -0.39 is 21.9 Å². The molecule has 0 spiro atoms. The summed E-state index contributed by atoms with van der Waals surface area (Å²) in [6.07, 6.45) is 0.786. The molecule has 4 nitrogen and oxygen atoms in total. The first-order valence-electron chi connectivity index (χ1n) is 3.08. The number of carbonyl (C=O) groups excluding carboxylic acids is 1. The maximum absolute atomic E-state index is 10.7. The molecule has 0 aliphatic carbocycles. The summed E-state index contributed by atoms with van der Waals surface area (Å²) >= 11 is 0. The number of carbonyl (C=O) groups is 1. The fraction of sp³-hybridized carbons (Fsp3) is 0.500. The second-order valence-electron chi connectivity index (χ2n) is 2.31. The summed E-state index contributed by atoms with van der Waals surface area (Å²) in [5.41, 5.74) is 0. The van der Waals surface area contributed by atoms with Crippen molar-refractivity contribution in [2.75, 3.05) is 5.75 Å². The Morgan fingerprint density at radius 1 is 1.64 bits per heavy atom. The van der Waals surface area contributed by atoms with Crippen LogP contribution in [0.25, 0.3) is 0 Å². The van der Waals surface area contributed by atoms with Crippen LogP contribution < -0.4 is 0 Å². The van der Waals surface area contributed by atoms with Crippen LogP contribution in [0, 0.1) is 0 Å². The van der Waals surface area contributed by atoms with E-state index in [2.05, 4.69) is 4.74 Å². The largest absolute Gasteiger partial charge is 0.457 e. The Labute approximate surface area is 64.8 Å². The van der Waals surface area contributed by atoms with Crippen molar-refractivity contribution >= 4 is 15.8 Å². The van der Waals surface area contributed by atoms with E-state index in [1.807, 2.05) is 0 Å². The van der Waals surface area contributed by atoms with Gasteiger partial charge in [0, 0.05) is 12.3 Å². The van der Waals surface area contributed by atoms with Gasteiger partial charge >= 0.3 is 5.97 Å². The number of hydrogen-bond donors (Lipinski definition) is 0. The molecular formula is C6H8O4S. The van der Waals surface area contributed by atoms with Gasteiger partial charge in [-0.2, -0.15) is 0 Å². The number of rotatable bonds is 1. The fourth-order valence-corrected chi connectivity index (χ4v) is 2.00. The summed E-state index contributed by atoms with van der Waals surface area (Å²) in [5, 5.41) is 1.07. The molecule has 1 aliphatic rings. The highest BCUT2D eigenvalue weighted by Gasteiger charge is 2.23. The van der Waals surface area contributed by atoms with E-state index in [4.69, 9.17) is 0 Å². The van der Waals surface area contributed by atoms with Gasteiger partial charge in [0.1, 0.15) is 6.10 Å². The van der Waals surface area contributed by atoms with Gasteiger partial charge in [0.25, 0.3) is 0 Å². The predicted octanol–water partition coefficient (Wildman–Crippen LogP) is -0.140. The third kappa shape index (κ3) is 2.34. The van der Waals surface area contributed by atoms with Crippen molar-refractivity contribution in [1.82, 2.24) is 0 Å². The van der Waals surface area contributed by atoms with Gasteiger partial charge < -0.3 is 4.74 Å². The lowest BCUT2D eigenvalue weighted by Gasteiger charge is -2.05. The molecule has 1 rings (SSSR count). The van der Waals surface area contributed by atoms with Gasteiger partial charge in [-0.3, -0.25) is 4.79 Å². The summed E-state index contributed by atoms with van der Waals surface area (Å²) in [5.74, 6) is -0.580. The molecule has 0 saturated carbocycles. The Kier molecular flexibility index (Phi) is 1.99. The molecule has 1 aliphatic heterocycles. The molecule has 0 aromatic heterocycles. The number of sulfone groups is 1. The number of ether oxygens (including phenoxy) is 1. The van der Waals surface area contributed by atoms with Crippen molar-refractivity contribution in [2.45, 2.75) is 13.0 Å². The maximum Gasteiger partial charge on any atom is 0.303 e. The van der Waals surface area contributed by atoms with Crippen LogP contribution in [0.3, 0.4) is 0 Å². The quantitative estimate of drug-likeness (QED) is 0.522. The van der Waals surface area contributed by atoms with Crippen molar-refractivity contribution < 1.29 is 17.9 Å². The average molecular weight is 176 g/mol. The standard InChI is InChI=1S/C6H8O4S/c1-5(7)10-6-2-3-11(8,9)4-6/h2-3,6H,4H2,1H3/t6-/m1/s1. The molecule has 0 bridgehead atoms. The smallest absolute Gasteiger partial charge is 0.303 e. The van der Waals surface area contributed by atoms with E-state index in [-0.39, 0.29) is 5.75 Å². The predicted molar refractivity (Wildman–Crippen MR) is 38.5 cm³/mol. The maximum atomic E-state index is 10.7. The first-order valence-corrected chi connectivity index (χ1v) is 4.79. The van der Waals surface area contributed by atoms with E-state index in [1.165, 1.54) is 13.0 Å². The number of esters is 1. The zero-order valence-electron chi connectivity index (χ0n) is 5.98. The summed E-state index contributed by atoms with van der Waals surface area (Å²) in [6.45, 7) is 1.25. The molecule has 0 N–H and O–H groups in total. The molecule has 0 unspecified atom stereocenters. The van der Waals surface area contributed by atoms with Crippen LogP contribution in [0.1, 0.15) is 6.92 Å². The normalized spacial score (nSPS) is 26.8. The molecular weight excluding hydrogens is 168 g/mol. The Hall–Kier alpha value is -0.840. The summed E-state index contributed by atoms with van der Waals surface area (Å²) in [6, 6.07) is 0. The second kappa shape index (κ2) is 2.65. The second-order valence-corrected chi connectivity index (χ2v) is 4.24. The van der Waals surface area contributed by atoms with Gasteiger partial charge in [0.05, 0.1) is 5.75 Å². The van der Waals surface area contributed by atoms with Crippen molar-refractivity contribution in [3.63, 3.8) is 0 Å². The van der Waals surface area contributed by atoms with Crippen LogP contribution in [-0.4, -0.2) is 26.2 Å². The molecule has 0 fully saturated rings. The fourth-order valence-electron chi connectivity index (χ4n) is 0.834. The molecule has 0 aromatic carbocycles. The summed E-state index contributed by atoms with van der Waals surface area (Å²) < 4.78 is 26.1. The lowest BCUT2D eigenvalue weighted by molar-refractivity contribution is -0.143. The van der Waals surface area contributed by atoms with Gasteiger partial charge in [0.2, 0.25) is 0 Å². The third-order valence-electron chi connectivity index (χ3n) is 1.21. The minimum Gasteiger partial charge on any atom is -0.457 e. The minimum absolute atomic E-state index is 0.118. The Morgan fingerprint density at radius 2 is 2.27 bits per heavy atom. The molecule has 11 heavy (non-hydrogen) atoms. The highest BCUT2D eigenvalue weighted by Crippen LogP contribution is 2.10. The molecule has 1 atom stereocenters. The van der Waals surface area contributed by atoms with Crippen LogP contribution >= 0.6 is 0 Å². The van der Waals surface area contributed by atoms with Crippen LogP contribution in [-0.2, 0) is 19.4 Å². The van der Waals surface area contributed by atoms with Gasteiger partial charge in [-0.15, -0.1) is 0 Å². The first-order chi connectivity index (χ1) is 4.99. The van der Waals surface area contributed by atoms with Crippen LogP contribution in [0.2, 0.25) is 0 Å². The van der Waals surface area contributed by atoms with Crippen molar-refractivity contribution in [1.29, 1.82) is 0 Å². The lowest BCUT2D eigenvalue weighted by atomic mass is 10.4. The topological polar surface area (TPSA) is 60.4 Å². The molecule has 0 saturated heterocycles. The SMILES string of the molecule is CC(=O)O[C@@H]1C=CS(=O)(=O)C1. The van der Waals surface area contributed by atoms with E-state index in [0.29, 0.717) is 0 Å². The van der Waals surface area contributed by atoms with E-state index in [1.54, 1.807) is 0 Å². The molecule has 0 radical (unpaired) electrons. The monoisotopic (exact) mass is 176 g/mol. The zero-order valence-corrected chi connectivity index (χ0v) is 6.80. The molecule has 0 amide bonds. The third-order valence-corrected chi connectivity index (χ3v) is 2.58. The van der Waals surface area contributed by atoms with Gasteiger partial charge in [-0.25, -0.2) is 8.42 Å². The highest BCUT2D eigenvalue weighted by molar-refractivity contribution is 7.94. The zero-order chi connectivity index (χ0) is 8.48.